The fraction of sp³-hybridized carbons (Fsp3) is 1.00. The van der Waals surface area contributed by atoms with E-state index in [2.05, 4.69) is 12.0 Å². The van der Waals surface area contributed by atoms with Gasteiger partial charge in [-0.3, -0.25) is 0 Å². The van der Waals surface area contributed by atoms with Gasteiger partial charge in [0.15, 0.2) is 6.54 Å². The Morgan fingerprint density at radius 3 is 2.43 bits per heavy atom. The average molecular weight is 202 g/mol. The molecule has 0 aliphatic rings. The van der Waals surface area contributed by atoms with E-state index in [9.17, 15) is 5.21 Å². The maximum absolute atomic E-state index is 11.2. The van der Waals surface area contributed by atoms with Gasteiger partial charge in [-0.1, -0.05) is 24.6 Å². The Kier molecular flexibility index (Phi) is 7.38. The fourth-order valence-corrected chi connectivity index (χ4v) is 1.03. The third-order valence-electron chi connectivity index (χ3n) is 2.21. The van der Waals surface area contributed by atoms with Crippen molar-refractivity contribution in [3.05, 3.63) is 5.21 Å². The summed E-state index contributed by atoms with van der Waals surface area (Å²) in [6.07, 6.45) is 3.74. The van der Waals surface area contributed by atoms with Crippen LogP contribution in [0.3, 0.4) is 0 Å². The van der Waals surface area contributed by atoms with E-state index < -0.39 is 6.10 Å². The Morgan fingerprint density at radius 2 is 1.93 bits per heavy atom. The molecule has 0 amide bonds. The smallest absolute Gasteiger partial charge is 0.180 e. The molecule has 0 heterocycles. The number of unbranched alkanes of at least 4 members (excludes halogenated alkanes) is 3. The van der Waals surface area contributed by atoms with Gasteiger partial charge in [0.25, 0.3) is 0 Å². The minimum Gasteiger partial charge on any atom is -0.600 e. The monoisotopic (exact) mass is 202 g/mol. The van der Waals surface area contributed by atoms with E-state index in [-0.39, 0.29) is 6.04 Å². The van der Waals surface area contributed by atoms with E-state index in [1.165, 1.54) is 12.8 Å². The lowest BCUT2D eigenvalue weighted by Gasteiger charge is -2.08. The molecule has 0 unspecified atom stereocenters. The lowest BCUT2D eigenvalue weighted by atomic mass is 10.2. The van der Waals surface area contributed by atoms with Gasteiger partial charge in [-0.15, -0.1) is 0 Å². The Morgan fingerprint density at radius 1 is 1.29 bits per heavy atom. The first-order valence-corrected chi connectivity index (χ1v) is 5.41. The molecule has 1 N–H and O–H groups in total. The number of aliphatic hydroxyl groups is 1. The third kappa shape index (κ3) is 6.83. The van der Waals surface area contributed by atoms with Crippen molar-refractivity contribution in [1.29, 1.82) is 0 Å². The van der Waals surface area contributed by atoms with Crippen LogP contribution in [0.2, 0.25) is 0 Å². The molecule has 4 heteroatoms. The molecule has 0 radical (unpaired) electrons. The summed E-state index contributed by atoms with van der Waals surface area (Å²) in [6, 6.07) is -0.307. The van der Waals surface area contributed by atoms with Crippen LogP contribution < -0.4 is 0 Å². The standard InChI is InChI=1S/C10H22N2O2/c1-4-5-6-7-8-12(14)11-9(2)10(3)13/h9-10,13H,4-8H2,1-3H3/t9-,10+/m1/s1. The lowest BCUT2D eigenvalue weighted by molar-refractivity contribution is -0.534. The average Bonchev–Trinajstić information content (AvgIpc) is 2.12. The van der Waals surface area contributed by atoms with Gasteiger partial charge in [0.2, 0.25) is 0 Å². The maximum Gasteiger partial charge on any atom is 0.180 e. The van der Waals surface area contributed by atoms with Crippen LogP contribution in [0.15, 0.2) is 5.11 Å². The highest BCUT2D eigenvalue weighted by atomic mass is 16.5. The number of hydrogen-bond acceptors (Lipinski definition) is 3. The predicted octanol–water partition coefficient (Wildman–Crippen LogP) is 2.30. The number of hydrogen-bond donors (Lipinski definition) is 1. The number of nitrogens with zero attached hydrogens (tertiary/aromatic N) is 2. The molecule has 0 aliphatic carbocycles. The van der Waals surface area contributed by atoms with Gasteiger partial charge >= 0.3 is 0 Å². The Bertz CT molecular complexity index is 170. The van der Waals surface area contributed by atoms with Gasteiger partial charge in [-0.05, 0) is 25.4 Å². The minimum atomic E-state index is -0.554. The Balaban J connectivity index is 3.66. The number of hydroxylamine groups is 1. The van der Waals surface area contributed by atoms with Crippen LogP contribution in [-0.2, 0) is 0 Å². The molecule has 0 aromatic carbocycles. The van der Waals surface area contributed by atoms with Crippen LogP contribution in [-0.4, -0.2) is 28.7 Å². The summed E-state index contributed by atoms with van der Waals surface area (Å²) in [6.45, 7) is 5.95. The molecule has 0 rings (SSSR count). The SMILES string of the molecule is CCCCCC[N+]([O-])=N[C@H](C)[C@H](C)O. The van der Waals surface area contributed by atoms with E-state index in [4.69, 9.17) is 5.11 Å². The fourth-order valence-electron chi connectivity index (χ4n) is 1.03. The van der Waals surface area contributed by atoms with Gasteiger partial charge in [0.05, 0.1) is 6.10 Å². The van der Waals surface area contributed by atoms with Crippen LogP contribution in [0.5, 0.6) is 0 Å². The van der Waals surface area contributed by atoms with Crippen molar-refractivity contribution in [3.8, 4) is 0 Å². The molecule has 0 fully saturated rings. The molecule has 0 saturated carbocycles. The van der Waals surface area contributed by atoms with Crippen LogP contribution >= 0.6 is 0 Å². The summed E-state index contributed by atoms with van der Waals surface area (Å²) in [5.74, 6) is 0. The summed E-state index contributed by atoms with van der Waals surface area (Å²) in [7, 11) is 0. The van der Waals surface area contributed by atoms with Gasteiger partial charge in [-0.2, -0.15) is 0 Å². The second kappa shape index (κ2) is 7.74. The summed E-state index contributed by atoms with van der Waals surface area (Å²) in [4.78, 5) is 0.701. The van der Waals surface area contributed by atoms with Gasteiger partial charge in [0.1, 0.15) is 6.04 Å². The van der Waals surface area contributed by atoms with Gasteiger partial charge < -0.3 is 10.3 Å². The molecular formula is C10H22N2O2. The highest BCUT2D eigenvalue weighted by Gasteiger charge is 2.10. The molecule has 0 bridgehead atoms. The molecule has 0 spiro atoms. The number of rotatable bonds is 7. The first kappa shape index (κ1) is 13.4. The second-order valence-corrected chi connectivity index (χ2v) is 3.73. The summed E-state index contributed by atoms with van der Waals surface area (Å²) >= 11 is 0. The summed E-state index contributed by atoms with van der Waals surface area (Å²) in [5, 5.41) is 24.1. The van der Waals surface area contributed by atoms with E-state index in [0.29, 0.717) is 11.4 Å². The number of aliphatic hydroxyl groups excluding tert-OH is 1. The molecule has 4 nitrogen and oxygen atoms in total. The van der Waals surface area contributed by atoms with Crippen molar-refractivity contribution in [2.75, 3.05) is 6.54 Å². The Hall–Kier alpha value is -0.640. The van der Waals surface area contributed by atoms with Crippen molar-refractivity contribution in [1.82, 2.24) is 0 Å². The zero-order valence-corrected chi connectivity index (χ0v) is 9.44. The van der Waals surface area contributed by atoms with Gasteiger partial charge in [-0.25, -0.2) is 0 Å². The first-order chi connectivity index (χ1) is 6.57. The molecule has 2 atom stereocenters. The highest BCUT2D eigenvalue weighted by Crippen LogP contribution is 2.01. The normalized spacial score (nSPS) is 16.7. The molecule has 0 saturated heterocycles. The Labute approximate surface area is 86.2 Å². The summed E-state index contributed by atoms with van der Waals surface area (Å²) < 4.78 is 0. The molecule has 0 aromatic heterocycles. The molecular weight excluding hydrogens is 180 g/mol. The molecule has 14 heavy (non-hydrogen) atoms. The van der Waals surface area contributed by atoms with Crippen LogP contribution in [0, 0.1) is 5.21 Å². The maximum atomic E-state index is 11.2. The largest absolute Gasteiger partial charge is 0.600 e. The topological polar surface area (TPSA) is 58.7 Å². The van der Waals surface area contributed by atoms with Crippen molar-refractivity contribution in [3.63, 3.8) is 0 Å². The third-order valence-corrected chi connectivity index (χ3v) is 2.21. The van der Waals surface area contributed by atoms with Crippen LogP contribution in [0.25, 0.3) is 0 Å². The number of azo groups is 1. The predicted molar refractivity (Wildman–Crippen MR) is 56.2 cm³/mol. The van der Waals surface area contributed by atoms with E-state index in [0.717, 1.165) is 12.8 Å². The van der Waals surface area contributed by atoms with Crippen molar-refractivity contribution in [2.45, 2.75) is 58.6 Å². The lowest BCUT2D eigenvalue weighted by Crippen LogP contribution is -2.19. The van der Waals surface area contributed by atoms with Crippen molar-refractivity contribution >= 4 is 0 Å². The van der Waals surface area contributed by atoms with E-state index in [1.807, 2.05) is 0 Å². The van der Waals surface area contributed by atoms with Crippen molar-refractivity contribution in [2.24, 2.45) is 5.11 Å². The van der Waals surface area contributed by atoms with Crippen molar-refractivity contribution < 1.29 is 9.97 Å². The zero-order valence-electron chi connectivity index (χ0n) is 9.44. The molecule has 0 aromatic rings. The minimum absolute atomic E-state index is 0.307. The van der Waals surface area contributed by atoms with Gasteiger partial charge in [0, 0.05) is 6.42 Å². The molecule has 0 aliphatic heterocycles. The van der Waals surface area contributed by atoms with Crippen LogP contribution in [0.4, 0.5) is 0 Å². The quantitative estimate of drug-likeness (QED) is 0.298. The first-order valence-electron chi connectivity index (χ1n) is 5.41. The van der Waals surface area contributed by atoms with E-state index in [1.54, 1.807) is 13.8 Å². The highest BCUT2D eigenvalue weighted by molar-refractivity contribution is 4.60. The second-order valence-electron chi connectivity index (χ2n) is 3.73. The molecule has 84 valence electrons. The zero-order chi connectivity index (χ0) is 11.0. The van der Waals surface area contributed by atoms with E-state index >= 15 is 0 Å². The van der Waals surface area contributed by atoms with Crippen LogP contribution in [0.1, 0.15) is 46.5 Å². The summed E-state index contributed by atoms with van der Waals surface area (Å²) in [5.41, 5.74) is 0.